The number of hydrogen-bond donors (Lipinski definition) is 2. The number of halogens is 1. The molecular weight excluding hydrogens is 372 g/mol. The van der Waals surface area contributed by atoms with E-state index in [4.69, 9.17) is 28.6 Å². The van der Waals surface area contributed by atoms with Crippen LogP contribution in [0.15, 0.2) is 54.6 Å². The average Bonchev–Trinajstić information content (AvgIpc) is 2.62. The summed E-state index contributed by atoms with van der Waals surface area (Å²) in [4.78, 5) is 23.5. The molecule has 0 aliphatic rings. The van der Waals surface area contributed by atoms with E-state index in [1.165, 1.54) is 6.08 Å². The fraction of sp³-hybridized carbons (Fsp3) is 0.105. The number of nitrogens with one attached hydrogen (secondary N) is 2. The fourth-order valence-electron chi connectivity index (χ4n) is 1.97. The highest BCUT2D eigenvalue weighted by Crippen LogP contribution is 2.11. The van der Waals surface area contributed by atoms with Gasteiger partial charge in [-0.3, -0.25) is 10.1 Å². The van der Waals surface area contributed by atoms with Gasteiger partial charge in [0, 0.05) is 16.8 Å². The minimum Gasteiger partial charge on any atom is -0.462 e. The highest BCUT2D eigenvalue weighted by molar-refractivity contribution is 7.80. The lowest BCUT2D eigenvalue weighted by Gasteiger charge is -2.09. The van der Waals surface area contributed by atoms with Crippen LogP contribution in [-0.4, -0.2) is 23.6 Å². The van der Waals surface area contributed by atoms with Gasteiger partial charge in [-0.15, -0.1) is 0 Å². The molecule has 0 fully saturated rings. The Morgan fingerprint density at radius 1 is 1.12 bits per heavy atom. The van der Waals surface area contributed by atoms with Gasteiger partial charge in [0.2, 0.25) is 5.91 Å². The zero-order valence-electron chi connectivity index (χ0n) is 14.0. The summed E-state index contributed by atoms with van der Waals surface area (Å²) in [5.41, 5.74) is 1.93. The van der Waals surface area contributed by atoms with Crippen molar-refractivity contribution in [1.29, 1.82) is 0 Å². The van der Waals surface area contributed by atoms with Crippen molar-refractivity contribution < 1.29 is 14.3 Å². The van der Waals surface area contributed by atoms with Crippen LogP contribution in [0.4, 0.5) is 5.69 Å². The van der Waals surface area contributed by atoms with Crippen molar-refractivity contribution in [3.05, 3.63) is 70.8 Å². The van der Waals surface area contributed by atoms with Crippen LogP contribution < -0.4 is 10.6 Å². The smallest absolute Gasteiger partial charge is 0.338 e. The molecule has 7 heteroatoms. The van der Waals surface area contributed by atoms with Gasteiger partial charge in [-0.2, -0.15) is 0 Å². The molecule has 0 unspecified atom stereocenters. The van der Waals surface area contributed by atoms with E-state index in [1.54, 1.807) is 61.5 Å². The lowest BCUT2D eigenvalue weighted by Crippen LogP contribution is -2.32. The van der Waals surface area contributed by atoms with Gasteiger partial charge >= 0.3 is 5.97 Å². The Morgan fingerprint density at radius 2 is 1.77 bits per heavy atom. The third kappa shape index (κ3) is 6.31. The molecule has 2 rings (SSSR count). The first-order valence-electron chi connectivity index (χ1n) is 7.80. The van der Waals surface area contributed by atoms with E-state index in [0.29, 0.717) is 22.9 Å². The second kappa shape index (κ2) is 9.70. The number of esters is 1. The molecule has 2 aromatic carbocycles. The summed E-state index contributed by atoms with van der Waals surface area (Å²) in [5, 5.41) is 6.20. The van der Waals surface area contributed by atoms with Crippen LogP contribution in [-0.2, 0) is 9.53 Å². The van der Waals surface area contributed by atoms with E-state index in [2.05, 4.69) is 10.6 Å². The summed E-state index contributed by atoms with van der Waals surface area (Å²) in [6, 6.07) is 13.7. The summed E-state index contributed by atoms with van der Waals surface area (Å²) in [5.74, 6) is -0.747. The molecule has 0 aliphatic heterocycles. The van der Waals surface area contributed by atoms with Crippen LogP contribution in [0.1, 0.15) is 22.8 Å². The van der Waals surface area contributed by atoms with Gasteiger partial charge in [0.15, 0.2) is 5.11 Å². The molecule has 0 saturated heterocycles. The number of amides is 1. The maximum atomic E-state index is 11.9. The number of benzene rings is 2. The number of carbonyl (C=O) groups excluding carboxylic acids is 2. The Bertz CT molecular complexity index is 818. The van der Waals surface area contributed by atoms with Gasteiger partial charge in [-0.25, -0.2) is 4.79 Å². The number of ether oxygens (including phenoxy) is 1. The van der Waals surface area contributed by atoms with Crippen LogP contribution in [0, 0.1) is 0 Å². The van der Waals surface area contributed by atoms with Crippen LogP contribution in [0.2, 0.25) is 5.02 Å². The van der Waals surface area contributed by atoms with Crippen molar-refractivity contribution in [1.82, 2.24) is 5.32 Å². The molecule has 0 aliphatic carbocycles. The SMILES string of the molecule is CCOC(=O)c1ccc(NC(=S)NC(=O)/C=C/c2ccc(Cl)cc2)cc1. The van der Waals surface area contributed by atoms with Gasteiger partial charge in [-0.05, 0) is 67.2 Å². The molecule has 26 heavy (non-hydrogen) atoms. The van der Waals surface area contributed by atoms with Crippen molar-refractivity contribution in [2.75, 3.05) is 11.9 Å². The fourth-order valence-corrected chi connectivity index (χ4v) is 2.31. The first-order chi connectivity index (χ1) is 12.5. The van der Waals surface area contributed by atoms with Gasteiger partial charge < -0.3 is 10.1 Å². The molecule has 2 N–H and O–H groups in total. The number of anilines is 1. The lowest BCUT2D eigenvalue weighted by molar-refractivity contribution is -0.115. The minimum absolute atomic E-state index is 0.152. The van der Waals surface area contributed by atoms with E-state index in [1.807, 2.05) is 0 Å². The molecule has 5 nitrogen and oxygen atoms in total. The Balaban J connectivity index is 1.86. The Kier molecular flexibility index (Phi) is 7.32. The minimum atomic E-state index is -0.387. The summed E-state index contributed by atoms with van der Waals surface area (Å²) in [6.45, 7) is 2.06. The van der Waals surface area contributed by atoms with E-state index in [9.17, 15) is 9.59 Å². The highest BCUT2D eigenvalue weighted by atomic mass is 35.5. The summed E-state index contributed by atoms with van der Waals surface area (Å²) in [6.07, 6.45) is 3.03. The molecule has 0 heterocycles. The number of thiocarbonyl (C=S) groups is 1. The van der Waals surface area contributed by atoms with Crippen molar-refractivity contribution in [3.8, 4) is 0 Å². The van der Waals surface area contributed by atoms with Crippen LogP contribution in [0.25, 0.3) is 6.08 Å². The van der Waals surface area contributed by atoms with E-state index in [0.717, 1.165) is 5.56 Å². The van der Waals surface area contributed by atoms with E-state index >= 15 is 0 Å². The lowest BCUT2D eigenvalue weighted by atomic mass is 10.2. The molecule has 0 aromatic heterocycles. The number of hydrogen-bond acceptors (Lipinski definition) is 4. The third-order valence-electron chi connectivity index (χ3n) is 3.19. The van der Waals surface area contributed by atoms with E-state index in [-0.39, 0.29) is 17.0 Å². The summed E-state index contributed by atoms with van der Waals surface area (Å²) >= 11 is 10.9. The summed E-state index contributed by atoms with van der Waals surface area (Å²) < 4.78 is 4.91. The monoisotopic (exact) mass is 388 g/mol. The molecule has 0 bridgehead atoms. The topological polar surface area (TPSA) is 67.4 Å². The first-order valence-corrected chi connectivity index (χ1v) is 8.59. The Labute approximate surface area is 162 Å². The quantitative estimate of drug-likeness (QED) is 0.459. The average molecular weight is 389 g/mol. The second-order valence-corrected chi connectivity index (χ2v) is 5.97. The molecule has 0 spiro atoms. The van der Waals surface area contributed by atoms with Gasteiger partial charge in [-0.1, -0.05) is 23.7 Å². The van der Waals surface area contributed by atoms with Gasteiger partial charge in [0.25, 0.3) is 0 Å². The molecule has 2 aromatic rings. The predicted octanol–water partition coefficient (Wildman–Crippen LogP) is 4.04. The normalized spacial score (nSPS) is 10.4. The highest BCUT2D eigenvalue weighted by Gasteiger charge is 2.06. The summed E-state index contributed by atoms with van der Waals surface area (Å²) in [7, 11) is 0. The Hall–Kier alpha value is -2.70. The third-order valence-corrected chi connectivity index (χ3v) is 3.64. The van der Waals surface area contributed by atoms with Crippen LogP contribution in [0.5, 0.6) is 0 Å². The van der Waals surface area contributed by atoms with Crippen LogP contribution >= 0.6 is 23.8 Å². The van der Waals surface area contributed by atoms with Crippen molar-refractivity contribution in [2.45, 2.75) is 6.92 Å². The van der Waals surface area contributed by atoms with Crippen LogP contribution in [0.3, 0.4) is 0 Å². The second-order valence-electron chi connectivity index (χ2n) is 5.13. The van der Waals surface area contributed by atoms with Crippen molar-refractivity contribution in [2.24, 2.45) is 0 Å². The zero-order valence-corrected chi connectivity index (χ0v) is 15.6. The van der Waals surface area contributed by atoms with Crippen molar-refractivity contribution >= 4 is 52.6 Å². The van der Waals surface area contributed by atoms with Crippen molar-refractivity contribution in [3.63, 3.8) is 0 Å². The molecule has 0 radical (unpaired) electrons. The predicted molar refractivity (Wildman–Crippen MR) is 107 cm³/mol. The molecular formula is C19H17ClN2O3S. The largest absolute Gasteiger partial charge is 0.462 e. The first kappa shape index (κ1) is 19.6. The molecule has 1 amide bonds. The Morgan fingerprint density at radius 3 is 2.38 bits per heavy atom. The number of carbonyl (C=O) groups is 2. The van der Waals surface area contributed by atoms with Gasteiger partial charge in [0.05, 0.1) is 12.2 Å². The van der Waals surface area contributed by atoms with Gasteiger partial charge in [0.1, 0.15) is 0 Å². The standard InChI is InChI=1S/C19H17ClN2O3S/c1-2-25-18(24)14-6-10-16(11-7-14)21-19(26)22-17(23)12-5-13-3-8-15(20)9-4-13/h3-12H,2H2,1H3,(H2,21,22,23,26)/b12-5+. The molecule has 0 atom stereocenters. The zero-order chi connectivity index (χ0) is 18.9. The van der Waals surface area contributed by atoms with E-state index < -0.39 is 0 Å². The number of rotatable bonds is 5. The molecule has 134 valence electrons. The molecule has 0 saturated carbocycles. The maximum Gasteiger partial charge on any atom is 0.338 e. The maximum absolute atomic E-state index is 11.9.